The molecule has 0 aliphatic carbocycles. The van der Waals surface area contributed by atoms with E-state index >= 15 is 0 Å². The molecule has 0 unspecified atom stereocenters. The van der Waals surface area contributed by atoms with Gasteiger partial charge in [0.2, 0.25) is 0 Å². The van der Waals surface area contributed by atoms with E-state index < -0.39 is 0 Å². The van der Waals surface area contributed by atoms with E-state index in [1.807, 2.05) is 60.1 Å². The molecule has 1 aliphatic heterocycles. The zero-order valence-corrected chi connectivity index (χ0v) is 19.1. The lowest BCUT2D eigenvalue weighted by Gasteiger charge is -2.26. The van der Waals surface area contributed by atoms with Gasteiger partial charge in [0, 0.05) is 24.5 Å². The third kappa shape index (κ3) is 6.10. The number of aryl methyl sites for hydroxylation is 1. The number of imidazole rings is 1. The van der Waals surface area contributed by atoms with Crippen molar-refractivity contribution in [1.82, 2.24) is 19.6 Å². The van der Waals surface area contributed by atoms with E-state index in [-0.39, 0.29) is 5.91 Å². The third-order valence-electron chi connectivity index (χ3n) is 6.12. The van der Waals surface area contributed by atoms with Crippen LogP contribution < -0.4 is 10.1 Å². The van der Waals surface area contributed by atoms with Crippen molar-refractivity contribution in [1.29, 1.82) is 0 Å². The van der Waals surface area contributed by atoms with Gasteiger partial charge in [-0.05, 0) is 88.1 Å². The summed E-state index contributed by atoms with van der Waals surface area (Å²) in [5.41, 5.74) is 3.62. The Morgan fingerprint density at radius 1 is 1.06 bits per heavy atom. The first kappa shape index (κ1) is 22.3. The van der Waals surface area contributed by atoms with Gasteiger partial charge >= 0.3 is 0 Å². The monoisotopic (exact) mass is 434 g/mol. The summed E-state index contributed by atoms with van der Waals surface area (Å²) in [6, 6.07) is 11.4. The Morgan fingerprint density at radius 3 is 2.66 bits per heavy atom. The smallest absolute Gasteiger partial charge is 0.251 e. The van der Waals surface area contributed by atoms with Crippen LogP contribution in [0.5, 0.6) is 5.75 Å². The molecule has 0 bridgehead atoms. The quantitative estimate of drug-likeness (QED) is 0.474. The Balaban J connectivity index is 1.15. The fourth-order valence-electron chi connectivity index (χ4n) is 4.26. The standard InChI is InChI=1S/C26H34N4O2/c1-21-9-8-18-30-19-23(28-25(21)30)20-32-24-12-10-22(11-13-24)26(31)27-14-4-2-5-15-29-16-6-3-7-17-29/h8-13,18-19H,2-7,14-17,20H2,1H3,(H,27,31). The van der Waals surface area contributed by atoms with E-state index in [4.69, 9.17) is 4.74 Å². The van der Waals surface area contributed by atoms with Crippen molar-refractivity contribution in [2.45, 2.75) is 52.1 Å². The first-order chi connectivity index (χ1) is 15.7. The summed E-state index contributed by atoms with van der Waals surface area (Å²) in [6.07, 6.45) is 11.5. The summed E-state index contributed by atoms with van der Waals surface area (Å²) < 4.78 is 7.87. The van der Waals surface area contributed by atoms with Crippen molar-refractivity contribution in [3.05, 3.63) is 65.6 Å². The Morgan fingerprint density at radius 2 is 1.88 bits per heavy atom. The van der Waals surface area contributed by atoms with Crippen molar-refractivity contribution >= 4 is 11.6 Å². The molecule has 1 saturated heterocycles. The predicted molar refractivity (Wildman–Crippen MR) is 127 cm³/mol. The number of fused-ring (bicyclic) bond motifs is 1. The fourth-order valence-corrected chi connectivity index (χ4v) is 4.26. The third-order valence-corrected chi connectivity index (χ3v) is 6.12. The molecule has 1 N–H and O–H groups in total. The molecule has 3 aromatic rings. The van der Waals surface area contributed by atoms with Crippen LogP contribution in [-0.2, 0) is 6.61 Å². The second kappa shape index (κ2) is 11.1. The number of hydrogen-bond donors (Lipinski definition) is 1. The molecule has 1 aliphatic rings. The molecule has 6 heteroatoms. The molecule has 1 aromatic carbocycles. The molecule has 1 amide bonds. The highest BCUT2D eigenvalue weighted by Crippen LogP contribution is 2.16. The summed E-state index contributed by atoms with van der Waals surface area (Å²) >= 11 is 0. The first-order valence-electron chi connectivity index (χ1n) is 11.9. The number of carbonyl (C=O) groups excluding carboxylic acids is 1. The van der Waals surface area contributed by atoms with Gasteiger partial charge < -0.3 is 19.4 Å². The number of hydrogen-bond acceptors (Lipinski definition) is 4. The molecule has 3 heterocycles. The van der Waals surface area contributed by atoms with Gasteiger partial charge in [-0.15, -0.1) is 0 Å². The number of pyridine rings is 1. The molecule has 32 heavy (non-hydrogen) atoms. The minimum atomic E-state index is -0.0246. The van der Waals surface area contributed by atoms with Crippen LogP contribution in [0.25, 0.3) is 5.65 Å². The maximum absolute atomic E-state index is 12.4. The number of piperidine rings is 1. The lowest BCUT2D eigenvalue weighted by molar-refractivity contribution is 0.0952. The fraction of sp³-hybridized carbons (Fsp3) is 0.462. The number of likely N-dealkylation sites (tertiary alicyclic amines) is 1. The number of nitrogens with zero attached hydrogens (tertiary/aromatic N) is 3. The van der Waals surface area contributed by atoms with Crippen molar-refractivity contribution in [3.8, 4) is 5.75 Å². The second-order valence-corrected chi connectivity index (χ2v) is 8.69. The van der Waals surface area contributed by atoms with Crippen LogP contribution in [0.1, 0.15) is 60.1 Å². The van der Waals surface area contributed by atoms with Crippen molar-refractivity contribution in [2.24, 2.45) is 0 Å². The van der Waals surface area contributed by atoms with E-state index in [9.17, 15) is 4.79 Å². The number of rotatable bonds is 10. The van der Waals surface area contributed by atoms with Gasteiger partial charge in [0.1, 0.15) is 18.0 Å². The summed E-state index contributed by atoms with van der Waals surface area (Å²) in [7, 11) is 0. The van der Waals surface area contributed by atoms with Crippen molar-refractivity contribution < 1.29 is 9.53 Å². The number of carbonyl (C=O) groups is 1. The Hall–Kier alpha value is -2.86. The van der Waals surface area contributed by atoms with Crippen LogP contribution in [-0.4, -0.2) is 46.4 Å². The van der Waals surface area contributed by atoms with Crippen LogP contribution in [0.4, 0.5) is 0 Å². The molecule has 0 saturated carbocycles. The average molecular weight is 435 g/mol. The summed E-state index contributed by atoms with van der Waals surface area (Å²) in [4.78, 5) is 19.6. The molecule has 6 nitrogen and oxygen atoms in total. The molecule has 0 atom stereocenters. The molecular weight excluding hydrogens is 400 g/mol. The summed E-state index contributed by atoms with van der Waals surface area (Å²) in [6.45, 7) is 6.88. The van der Waals surface area contributed by atoms with Crippen LogP contribution in [0.2, 0.25) is 0 Å². The second-order valence-electron chi connectivity index (χ2n) is 8.69. The molecule has 2 aromatic heterocycles. The zero-order valence-electron chi connectivity index (χ0n) is 19.1. The Bertz CT molecular complexity index is 1010. The van der Waals surface area contributed by atoms with Gasteiger partial charge in [-0.3, -0.25) is 4.79 Å². The predicted octanol–water partition coefficient (Wildman–Crippen LogP) is 4.61. The number of unbranched alkanes of at least 4 members (excludes halogenated alkanes) is 2. The Labute approximate surface area is 190 Å². The van der Waals surface area contributed by atoms with Crippen molar-refractivity contribution in [2.75, 3.05) is 26.2 Å². The SMILES string of the molecule is Cc1cccn2cc(COc3ccc(C(=O)NCCCCCN4CCCCC4)cc3)nc12. The van der Waals surface area contributed by atoms with E-state index in [1.165, 1.54) is 45.3 Å². The Kier molecular flexibility index (Phi) is 7.77. The average Bonchev–Trinajstić information content (AvgIpc) is 3.25. The molecule has 1 fully saturated rings. The van der Waals surface area contributed by atoms with Crippen LogP contribution in [0, 0.1) is 6.92 Å². The molecule has 0 spiro atoms. The maximum atomic E-state index is 12.4. The van der Waals surface area contributed by atoms with E-state index in [1.54, 1.807) is 0 Å². The van der Waals surface area contributed by atoms with Gasteiger partial charge in [-0.25, -0.2) is 4.98 Å². The molecule has 170 valence electrons. The van der Waals surface area contributed by atoms with Gasteiger partial charge in [-0.1, -0.05) is 18.9 Å². The summed E-state index contributed by atoms with van der Waals surface area (Å²) in [5, 5.41) is 3.03. The highest BCUT2D eigenvalue weighted by Gasteiger charge is 2.10. The van der Waals surface area contributed by atoms with Crippen LogP contribution in [0.15, 0.2) is 48.8 Å². The largest absolute Gasteiger partial charge is 0.487 e. The lowest BCUT2D eigenvalue weighted by Crippen LogP contribution is -2.30. The first-order valence-corrected chi connectivity index (χ1v) is 11.9. The number of aromatic nitrogens is 2. The van der Waals surface area contributed by atoms with Gasteiger partial charge in [0.05, 0.1) is 5.69 Å². The van der Waals surface area contributed by atoms with Gasteiger partial charge in [0.15, 0.2) is 0 Å². The highest BCUT2D eigenvalue weighted by atomic mass is 16.5. The lowest BCUT2D eigenvalue weighted by atomic mass is 10.1. The number of nitrogens with one attached hydrogen (secondary N) is 1. The molecule has 4 rings (SSSR count). The maximum Gasteiger partial charge on any atom is 0.251 e. The number of ether oxygens (including phenoxy) is 1. The van der Waals surface area contributed by atoms with Crippen LogP contribution in [0.3, 0.4) is 0 Å². The molecule has 0 radical (unpaired) electrons. The van der Waals surface area contributed by atoms with Gasteiger partial charge in [-0.2, -0.15) is 0 Å². The normalized spacial score (nSPS) is 14.5. The van der Waals surface area contributed by atoms with Gasteiger partial charge in [0.25, 0.3) is 5.91 Å². The van der Waals surface area contributed by atoms with Crippen molar-refractivity contribution in [3.63, 3.8) is 0 Å². The minimum absolute atomic E-state index is 0.0246. The number of amides is 1. The topological polar surface area (TPSA) is 58.9 Å². The number of benzene rings is 1. The van der Waals surface area contributed by atoms with Crippen LogP contribution >= 0.6 is 0 Å². The van der Waals surface area contributed by atoms with E-state index in [2.05, 4.69) is 15.2 Å². The van der Waals surface area contributed by atoms with E-state index in [0.29, 0.717) is 12.2 Å². The van der Waals surface area contributed by atoms with E-state index in [0.717, 1.165) is 42.0 Å². The zero-order chi connectivity index (χ0) is 22.2. The molecular formula is C26H34N4O2. The minimum Gasteiger partial charge on any atom is -0.487 e. The highest BCUT2D eigenvalue weighted by molar-refractivity contribution is 5.94. The summed E-state index contributed by atoms with van der Waals surface area (Å²) in [5.74, 6) is 0.705.